The fourth-order valence-electron chi connectivity index (χ4n) is 4.27. The minimum absolute atomic E-state index is 0.108. The van der Waals surface area contributed by atoms with Crippen LogP contribution in [0.4, 0.5) is 17.6 Å². The summed E-state index contributed by atoms with van der Waals surface area (Å²) in [5.41, 5.74) is 0.881. The summed E-state index contributed by atoms with van der Waals surface area (Å²) in [5, 5.41) is 7.72. The van der Waals surface area contributed by atoms with E-state index in [9.17, 15) is 14.4 Å². The van der Waals surface area contributed by atoms with Crippen LogP contribution in [0.25, 0.3) is 10.6 Å². The van der Waals surface area contributed by atoms with Gasteiger partial charge in [-0.1, -0.05) is 0 Å². The van der Waals surface area contributed by atoms with Gasteiger partial charge in [-0.15, -0.1) is 11.3 Å². The molecule has 2 aliphatic rings. The molecule has 3 aromatic rings. The van der Waals surface area contributed by atoms with Crippen LogP contribution in [0.5, 0.6) is 0 Å². The topological polar surface area (TPSA) is 138 Å². The quantitative estimate of drug-likeness (QED) is 0.447. The summed E-state index contributed by atoms with van der Waals surface area (Å²) < 4.78 is 1.42. The molecule has 2 fully saturated rings. The molecule has 1 saturated heterocycles. The molecule has 0 radical (unpaired) electrons. The van der Waals surface area contributed by atoms with Crippen LogP contribution in [0.1, 0.15) is 29.9 Å². The van der Waals surface area contributed by atoms with Gasteiger partial charge in [-0.3, -0.25) is 14.4 Å². The van der Waals surface area contributed by atoms with E-state index in [0.29, 0.717) is 17.2 Å². The zero-order valence-electron chi connectivity index (χ0n) is 19.5. The SMILES string of the molecule is CNC(=O)c1c(N(C)C=O)ncn1C(C)C(=O)Nc1csc(-c2cnc(N3CC4CC4C3)nc2)n1. The van der Waals surface area contributed by atoms with Crippen LogP contribution in [-0.2, 0) is 9.59 Å². The standard InChI is InChI=1S/C22H25N9O3S/c1-12(31-10-26-18(29(3)11-32)17(31)20(34)23-2)19(33)27-16-9-35-21(28-16)15-5-24-22(25-6-15)30-7-13-4-14(13)8-30/h5-6,9-14H,4,7-8H2,1-3H3,(H,23,34)(H,27,33). The first-order chi connectivity index (χ1) is 16.9. The molecule has 1 aliphatic carbocycles. The zero-order chi connectivity index (χ0) is 24.7. The van der Waals surface area contributed by atoms with Crippen molar-refractivity contribution in [2.75, 3.05) is 42.3 Å². The van der Waals surface area contributed by atoms with E-state index >= 15 is 0 Å². The Kier molecular flexibility index (Phi) is 5.93. The van der Waals surface area contributed by atoms with Gasteiger partial charge in [-0.05, 0) is 25.2 Å². The number of amides is 3. The number of imidazole rings is 1. The van der Waals surface area contributed by atoms with Crippen LogP contribution in [0.15, 0.2) is 24.1 Å². The number of nitrogens with zero attached hydrogens (tertiary/aromatic N) is 7. The molecule has 35 heavy (non-hydrogen) atoms. The number of piperidine rings is 1. The summed E-state index contributed by atoms with van der Waals surface area (Å²) in [4.78, 5) is 57.6. The minimum Gasteiger partial charge on any atom is -0.354 e. The van der Waals surface area contributed by atoms with Crippen molar-refractivity contribution >= 4 is 47.1 Å². The number of hydrogen-bond donors (Lipinski definition) is 2. The van der Waals surface area contributed by atoms with Gasteiger partial charge < -0.3 is 25.0 Å². The Morgan fingerprint density at radius 1 is 1.23 bits per heavy atom. The summed E-state index contributed by atoms with van der Waals surface area (Å²) >= 11 is 1.37. The van der Waals surface area contributed by atoms with E-state index in [0.717, 1.165) is 36.4 Å². The Labute approximate surface area is 205 Å². The number of hydrogen-bond acceptors (Lipinski definition) is 9. The third kappa shape index (κ3) is 4.34. The van der Waals surface area contributed by atoms with Crippen molar-refractivity contribution < 1.29 is 14.4 Å². The molecular weight excluding hydrogens is 470 g/mol. The Hall–Kier alpha value is -3.87. The van der Waals surface area contributed by atoms with Crippen molar-refractivity contribution in [2.45, 2.75) is 19.4 Å². The number of fused-ring (bicyclic) bond motifs is 1. The van der Waals surface area contributed by atoms with Crippen LogP contribution in [0.2, 0.25) is 0 Å². The van der Waals surface area contributed by atoms with Crippen molar-refractivity contribution in [3.63, 3.8) is 0 Å². The first-order valence-corrected chi connectivity index (χ1v) is 12.1. The van der Waals surface area contributed by atoms with Crippen molar-refractivity contribution in [3.05, 3.63) is 29.8 Å². The number of rotatable bonds is 8. The van der Waals surface area contributed by atoms with Crippen molar-refractivity contribution in [1.82, 2.24) is 29.8 Å². The highest BCUT2D eigenvalue weighted by molar-refractivity contribution is 7.13. The van der Waals surface area contributed by atoms with Crippen LogP contribution >= 0.6 is 11.3 Å². The van der Waals surface area contributed by atoms with E-state index in [4.69, 9.17) is 0 Å². The maximum absolute atomic E-state index is 13.0. The third-order valence-electron chi connectivity index (χ3n) is 6.41. The highest BCUT2D eigenvalue weighted by Crippen LogP contribution is 2.45. The second-order valence-electron chi connectivity index (χ2n) is 8.76. The van der Waals surface area contributed by atoms with Crippen LogP contribution in [0, 0.1) is 11.8 Å². The largest absolute Gasteiger partial charge is 0.354 e. The maximum atomic E-state index is 13.0. The van der Waals surface area contributed by atoms with Crippen LogP contribution < -0.4 is 20.4 Å². The van der Waals surface area contributed by atoms with E-state index in [2.05, 4.69) is 35.5 Å². The molecule has 3 aromatic heterocycles. The number of anilines is 3. The second kappa shape index (κ2) is 9.06. The Bertz CT molecular complexity index is 1260. The summed E-state index contributed by atoms with van der Waals surface area (Å²) in [6.45, 7) is 3.69. The van der Waals surface area contributed by atoms with E-state index in [1.54, 1.807) is 24.7 Å². The molecule has 4 heterocycles. The predicted octanol–water partition coefficient (Wildman–Crippen LogP) is 1.40. The fourth-order valence-corrected chi connectivity index (χ4v) is 4.99. The number of nitrogens with one attached hydrogen (secondary N) is 2. The minimum atomic E-state index is -0.789. The van der Waals surface area contributed by atoms with E-state index in [1.165, 1.54) is 47.6 Å². The van der Waals surface area contributed by atoms with Crippen molar-refractivity contribution in [2.24, 2.45) is 11.8 Å². The lowest BCUT2D eigenvalue weighted by atomic mass is 10.2. The normalized spacial score (nSPS) is 19.1. The summed E-state index contributed by atoms with van der Waals surface area (Å²) in [6, 6.07) is -0.789. The van der Waals surface area contributed by atoms with Gasteiger partial charge in [-0.25, -0.2) is 19.9 Å². The van der Waals surface area contributed by atoms with Crippen molar-refractivity contribution in [1.29, 1.82) is 0 Å². The zero-order valence-corrected chi connectivity index (χ0v) is 20.3. The number of carbonyl (C=O) groups is 3. The molecule has 0 bridgehead atoms. The molecule has 2 N–H and O–H groups in total. The van der Waals surface area contributed by atoms with Gasteiger partial charge in [0.05, 0.1) is 6.33 Å². The summed E-state index contributed by atoms with van der Waals surface area (Å²) in [5.74, 6) is 2.05. The molecule has 3 amide bonds. The second-order valence-corrected chi connectivity index (χ2v) is 9.61. The van der Waals surface area contributed by atoms with Crippen LogP contribution in [-0.4, -0.2) is 69.9 Å². The van der Waals surface area contributed by atoms with Gasteiger partial charge in [0.1, 0.15) is 16.9 Å². The molecule has 3 atom stereocenters. The first-order valence-electron chi connectivity index (χ1n) is 11.2. The molecule has 182 valence electrons. The van der Waals surface area contributed by atoms with Gasteiger partial charge >= 0.3 is 0 Å². The number of thiazole rings is 1. The molecule has 5 rings (SSSR count). The Balaban J connectivity index is 1.28. The summed E-state index contributed by atoms with van der Waals surface area (Å²) in [7, 11) is 2.95. The van der Waals surface area contributed by atoms with E-state index in [1.807, 2.05) is 0 Å². The molecule has 3 unspecified atom stereocenters. The average Bonchev–Trinajstić information content (AvgIpc) is 3.26. The van der Waals surface area contributed by atoms with Crippen molar-refractivity contribution in [3.8, 4) is 10.6 Å². The molecule has 0 spiro atoms. The highest BCUT2D eigenvalue weighted by Gasteiger charge is 2.45. The van der Waals surface area contributed by atoms with E-state index in [-0.39, 0.29) is 17.4 Å². The van der Waals surface area contributed by atoms with Gasteiger partial charge in [0.25, 0.3) is 5.91 Å². The lowest BCUT2D eigenvalue weighted by Gasteiger charge is -2.17. The first kappa shape index (κ1) is 22.9. The molecule has 0 aromatic carbocycles. The number of carbonyl (C=O) groups excluding carboxylic acids is 3. The Morgan fingerprint density at radius 3 is 2.60 bits per heavy atom. The van der Waals surface area contributed by atoms with Gasteiger partial charge in [-0.2, -0.15) is 0 Å². The van der Waals surface area contributed by atoms with E-state index < -0.39 is 11.9 Å². The molecule has 1 aliphatic heterocycles. The summed E-state index contributed by atoms with van der Waals surface area (Å²) in [6.07, 6.45) is 6.74. The maximum Gasteiger partial charge on any atom is 0.271 e. The third-order valence-corrected chi connectivity index (χ3v) is 7.30. The Morgan fingerprint density at radius 2 is 1.94 bits per heavy atom. The highest BCUT2D eigenvalue weighted by atomic mass is 32.1. The lowest BCUT2D eigenvalue weighted by Crippen LogP contribution is -2.30. The van der Waals surface area contributed by atoms with Gasteiger partial charge in [0.15, 0.2) is 11.5 Å². The molecule has 12 nitrogen and oxygen atoms in total. The number of aromatic nitrogens is 5. The van der Waals surface area contributed by atoms with Crippen LogP contribution in [0.3, 0.4) is 0 Å². The lowest BCUT2D eigenvalue weighted by molar-refractivity contribution is -0.118. The van der Waals surface area contributed by atoms with Gasteiger partial charge in [0, 0.05) is 50.5 Å². The molecular formula is C22H25N9O3S. The monoisotopic (exact) mass is 495 g/mol. The molecule has 1 saturated carbocycles. The fraction of sp³-hybridized carbons (Fsp3) is 0.409. The predicted molar refractivity (Wildman–Crippen MR) is 130 cm³/mol. The molecule has 13 heteroatoms. The van der Waals surface area contributed by atoms with Gasteiger partial charge in [0.2, 0.25) is 18.3 Å². The average molecular weight is 496 g/mol. The smallest absolute Gasteiger partial charge is 0.271 e.